The zero-order valence-corrected chi connectivity index (χ0v) is 11.5. The van der Waals surface area contributed by atoms with Gasteiger partial charge >= 0.3 is 0 Å². The number of hydrazine groups is 1. The van der Waals surface area contributed by atoms with Crippen LogP contribution < -0.4 is 20.7 Å². The number of nitrogens with zero attached hydrogens (tertiary/aromatic N) is 1. The summed E-state index contributed by atoms with van der Waals surface area (Å²) in [7, 11) is 3.24. The SMILES string of the molecule is CCCc1cc(NN)c2c(OC)cc(OC)cc2n1. The van der Waals surface area contributed by atoms with Gasteiger partial charge in [0, 0.05) is 17.8 Å². The Bertz CT molecular complexity index is 584. The van der Waals surface area contributed by atoms with Crippen molar-refractivity contribution in [3.63, 3.8) is 0 Å². The van der Waals surface area contributed by atoms with Gasteiger partial charge in [-0.2, -0.15) is 0 Å². The van der Waals surface area contributed by atoms with E-state index in [1.807, 2.05) is 18.2 Å². The van der Waals surface area contributed by atoms with Crippen LogP contribution in [0.25, 0.3) is 10.9 Å². The van der Waals surface area contributed by atoms with Crippen molar-refractivity contribution in [1.29, 1.82) is 0 Å². The van der Waals surface area contributed by atoms with E-state index in [0.29, 0.717) is 11.5 Å². The van der Waals surface area contributed by atoms with E-state index in [4.69, 9.17) is 15.3 Å². The number of hydrogen-bond donors (Lipinski definition) is 2. The summed E-state index contributed by atoms with van der Waals surface area (Å²) in [4.78, 5) is 4.64. The summed E-state index contributed by atoms with van der Waals surface area (Å²) in [6.45, 7) is 2.12. The normalized spacial score (nSPS) is 10.5. The standard InChI is InChI=1S/C14H19N3O2/c1-4-5-9-6-12(17-15)14-11(16-9)7-10(18-2)8-13(14)19-3/h6-8H,4-5,15H2,1-3H3,(H,16,17). The van der Waals surface area contributed by atoms with Crippen LogP contribution in [0.1, 0.15) is 19.0 Å². The molecule has 0 unspecified atom stereocenters. The predicted molar refractivity (Wildman–Crippen MR) is 76.7 cm³/mol. The van der Waals surface area contributed by atoms with Gasteiger partial charge in [-0.1, -0.05) is 13.3 Å². The van der Waals surface area contributed by atoms with Crippen molar-refractivity contribution in [2.24, 2.45) is 5.84 Å². The highest BCUT2D eigenvalue weighted by Gasteiger charge is 2.12. The van der Waals surface area contributed by atoms with Gasteiger partial charge in [-0.15, -0.1) is 0 Å². The Morgan fingerprint density at radius 2 is 2.00 bits per heavy atom. The number of ether oxygens (including phenoxy) is 2. The third-order valence-corrected chi connectivity index (χ3v) is 3.02. The first-order chi connectivity index (χ1) is 9.23. The van der Waals surface area contributed by atoms with Crippen LogP contribution in [0.2, 0.25) is 0 Å². The van der Waals surface area contributed by atoms with Crippen LogP contribution in [0.15, 0.2) is 18.2 Å². The number of fused-ring (bicyclic) bond motifs is 1. The van der Waals surface area contributed by atoms with Crippen LogP contribution in [0.4, 0.5) is 5.69 Å². The smallest absolute Gasteiger partial charge is 0.134 e. The van der Waals surface area contributed by atoms with Crippen LogP contribution in [0, 0.1) is 0 Å². The summed E-state index contributed by atoms with van der Waals surface area (Å²) >= 11 is 0. The molecule has 2 aromatic rings. The summed E-state index contributed by atoms with van der Waals surface area (Å²) in [5, 5.41) is 0.866. The second kappa shape index (κ2) is 5.75. The molecule has 0 saturated heterocycles. The van der Waals surface area contributed by atoms with Crippen molar-refractivity contribution in [1.82, 2.24) is 4.98 Å². The number of nitrogen functional groups attached to an aromatic ring is 1. The molecule has 0 radical (unpaired) electrons. The Morgan fingerprint density at radius 3 is 2.58 bits per heavy atom. The molecule has 0 aliphatic carbocycles. The molecule has 0 aliphatic heterocycles. The largest absolute Gasteiger partial charge is 0.497 e. The number of pyridine rings is 1. The van der Waals surface area contributed by atoms with Gasteiger partial charge in [0.15, 0.2) is 0 Å². The fourth-order valence-corrected chi connectivity index (χ4v) is 2.14. The third kappa shape index (κ3) is 2.56. The van der Waals surface area contributed by atoms with Crippen LogP contribution in [0.5, 0.6) is 11.5 Å². The lowest BCUT2D eigenvalue weighted by molar-refractivity contribution is 0.398. The maximum absolute atomic E-state index is 5.61. The molecule has 3 N–H and O–H groups in total. The van der Waals surface area contributed by atoms with Crippen LogP contribution in [-0.2, 0) is 6.42 Å². The summed E-state index contributed by atoms with van der Waals surface area (Å²) in [6.07, 6.45) is 1.94. The number of methoxy groups -OCH3 is 2. The molecular weight excluding hydrogens is 242 g/mol. The predicted octanol–water partition coefficient (Wildman–Crippen LogP) is 2.49. The topological polar surface area (TPSA) is 69.4 Å². The first-order valence-corrected chi connectivity index (χ1v) is 6.25. The second-order valence-electron chi connectivity index (χ2n) is 4.28. The highest BCUT2D eigenvalue weighted by Crippen LogP contribution is 2.35. The Morgan fingerprint density at radius 1 is 1.21 bits per heavy atom. The van der Waals surface area contributed by atoms with Gasteiger partial charge in [-0.25, -0.2) is 0 Å². The molecule has 5 nitrogen and oxygen atoms in total. The lowest BCUT2D eigenvalue weighted by Gasteiger charge is -2.13. The van der Waals surface area contributed by atoms with Gasteiger partial charge in [0.2, 0.25) is 0 Å². The number of benzene rings is 1. The van der Waals surface area contributed by atoms with Crippen molar-refractivity contribution < 1.29 is 9.47 Å². The first kappa shape index (κ1) is 13.4. The minimum atomic E-state index is 0.692. The maximum Gasteiger partial charge on any atom is 0.134 e. The highest BCUT2D eigenvalue weighted by atomic mass is 16.5. The third-order valence-electron chi connectivity index (χ3n) is 3.02. The lowest BCUT2D eigenvalue weighted by Crippen LogP contribution is -2.09. The molecule has 0 bridgehead atoms. The van der Waals surface area contributed by atoms with Crippen molar-refractivity contribution >= 4 is 16.6 Å². The average Bonchev–Trinajstić information content (AvgIpc) is 2.45. The minimum Gasteiger partial charge on any atom is -0.497 e. The molecular formula is C14H19N3O2. The quantitative estimate of drug-likeness (QED) is 0.639. The van der Waals surface area contributed by atoms with E-state index in [0.717, 1.165) is 35.1 Å². The molecule has 1 aromatic carbocycles. The molecule has 0 fully saturated rings. The Kier molecular flexibility index (Phi) is 4.06. The molecule has 1 heterocycles. The van der Waals surface area contributed by atoms with Gasteiger partial charge in [-0.3, -0.25) is 10.8 Å². The van der Waals surface area contributed by atoms with Crippen LogP contribution in [0.3, 0.4) is 0 Å². The van der Waals surface area contributed by atoms with Gasteiger partial charge in [-0.05, 0) is 12.5 Å². The molecule has 0 amide bonds. The van der Waals surface area contributed by atoms with Gasteiger partial charge in [0.1, 0.15) is 11.5 Å². The number of nitrogens with one attached hydrogen (secondary N) is 1. The summed E-state index contributed by atoms with van der Waals surface area (Å²) in [5.41, 5.74) is 5.35. The summed E-state index contributed by atoms with van der Waals surface area (Å²) in [6, 6.07) is 5.67. The molecule has 5 heteroatoms. The Balaban J connectivity index is 2.73. The second-order valence-corrected chi connectivity index (χ2v) is 4.28. The molecule has 0 saturated carbocycles. The molecule has 19 heavy (non-hydrogen) atoms. The summed E-state index contributed by atoms with van der Waals surface area (Å²) < 4.78 is 10.7. The van der Waals surface area contributed by atoms with Crippen molar-refractivity contribution in [2.75, 3.05) is 19.6 Å². The van der Waals surface area contributed by atoms with E-state index in [1.165, 1.54) is 0 Å². The van der Waals surface area contributed by atoms with E-state index in [-0.39, 0.29) is 0 Å². The van der Waals surface area contributed by atoms with Crippen molar-refractivity contribution in [3.05, 3.63) is 23.9 Å². The van der Waals surface area contributed by atoms with Crippen LogP contribution >= 0.6 is 0 Å². The monoisotopic (exact) mass is 261 g/mol. The molecule has 1 aromatic heterocycles. The fourth-order valence-electron chi connectivity index (χ4n) is 2.14. The number of aromatic nitrogens is 1. The van der Waals surface area contributed by atoms with Gasteiger partial charge < -0.3 is 14.9 Å². The lowest BCUT2D eigenvalue weighted by atomic mass is 10.1. The fraction of sp³-hybridized carbons (Fsp3) is 0.357. The van der Waals surface area contributed by atoms with Crippen LogP contribution in [-0.4, -0.2) is 19.2 Å². The van der Waals surface area contributed by atoms with E-state index in [1.54, 1.807) is 14.2 Å². The maximum atomic E-state index is 5.61. The molecule has 0 spiro atoms. The first-order valence-electron chi connectivity index (χ1n) is 6.25. The van der Waals surface area contributed by atoms with Crippen molar-refractivity contribution in [2.45, 2.75) is 19.8 Å². The number of anilines is 1. The van der Waals surface area contributed by atoms with Gasteiger partial charge in [0.25, 0.3) is 0 Å². The van der Waals surface area contributed by atoms with E-state index < -0.39 is 0 Å². The van der Waals surface area contributed by atoms with Crippen molar-refractivity contribution in [3.8, 4) is 11.5 Å². The highest BCUT2D eigenvalue weighted by molar-refractivity contribution is 5.97. The molecule has 0 aliphatic rings. The Hall–Kier alpha value is -2.01. The Labute approximate surface area is 112 Å². The van der Waals surface area contributed by atoms with E-state index in [9.17, 15) is 0 Å². The van der Waals surface area contributed by atoms with Gasteiger partial charge in [0.05, 0.1) is 30.8 Å². The van der Waals surface area contributed by atoms with E-state index in [2.05, 4.69) is 17.3 Å². The zero-order chi connectivity index (χ0) is 13.8. The molecule has 0 atom stereocenters. The zero-order valence-electron chi connectivity index (χ0n) is 11.5. The van der Waals surface area contributed by atoms with E-state index >= 15 is 0 Å². The number of aryl methyl sites for hydroxylation is 1. The molecule has 102 valence electrons. The minimum absolute atomic E-state index is 0.692. The number of nitrogens with two attached hydrogens (primary N) is 1. The summed E-state index contributed by atoms with van der Waals surface area (Å²) in [5.74, 6) is 7.02. The molecule has 2 rings (SSSR count). The number of hydrogen-bond acceptors (Lipinski definition) is 5. The number of rotatable bonds is 5. The average molecular weight is 261 g/mol.